The summed E-state index contributed by atoms with van der Waals surface area (Å²) in [6.07, 6.45) is 3.23. The van der Waals surface area contributed by atoms with Gasteiger partial charge in [0, 0.05) is 31.8 Å². The molecule has 1 aromatic heterocycles. The van der Waals surface area contributed by atoms with E-state index in [2.05, 4.69) is 16.4 Å². The van der Waals surface area contributed by atoms with Crippen LogP contribution in [0.3, 0.4) is 0 Å². The van der Waals surface area contributed by atoms with Crippen LogP contribution in [0, 0.1) is 11.3 Å². The van der Waals surface area contributed by atoms with E-state index in [1.807, 2.05) is 30.3 Å². The second-order valence-electron chi connectivity index (χ2n) is 5.65. The van der Waals surface area contributed by atoms with Crippen molar-refractivity contribution in [3.63, 3.8) is 0 Å². The van der Waals surface area contributed by atoms with E-state index in [0.29, 0.717) is 11.7 Å². The maximum absolute atomic E-state index is 9.28. The molecule has 0 aliphatic carbocycles. The maximum Gasteiger partial charge on any atom is 0.127 e. The molecule has 1 aromatic carbocycles. The Labute approximate surface area is 136 Å². The molecule has 5 heteroatoms. The predicted molar refractivity (Wildman–Crippen MR) is 89.4 cm³/mol. The van der Waals surface area contributed by atoms with Gasteiger partial charge in [0.25, 0.3) is 0 Å². The molecular formula is C18H21N3O2. The first-order valence-corrected chi connectivity index (χ1v) is 8.10. The van der Waals surface area contributed by atoms with Gasteiger partial charge in [-0.1, -0.05) is 18.2 Å². The number of nitrogens with zero attached hydrogens (tertiary/aromatic N) is 2. The molecular weight excluding hydrogens is 290 g/mol. The second-order valence-corrected chi connectivity index (χ2v) is 5.65. The quantitative estimate of drug-likeness (QED) is 0.830. The SMILES string of the molecule is N#Cc1cc(NCCCOC2CCOCC2)nc2ccccc12. The first-order valence-electron chi connectivity index (χ1n) is 8.10. The number of nitriles is 1. The summed E-state index contributed by atoms with van der Waals surface area (Å²) in [5, 5.41) is 13.5. The Morgan fingerprint density at radius 1 is 1.30 bits per heavy atom. The molecule has 0 amide bonds. The van der Waals surface area contributed by atoms with E-state index in [-0.39, 0.29) is 0 Å². The van der Waals surface area contributed by atoms with Crippen molar-refractivity contribution in [3.8, 4) is 6.07 Å². The van der Waals surface area contributed by atoms with Gasteiger partial charge in [0.05, 0.1) is 23.3 Å². The first-order chi connectivity index (χ1) is 11.4. The minimum Gasteiger partial charge on any atom is -0.381 e. The van der Waals surface area contributed by atoms with Crippen LogP contribution in [0.5, 0.6) is 0 Å². The normalized spacial score (nSPS) is 15.4. The molecule has 23 heavy (non-hydrogen) atoms. The van der Waals surface area contributed by atoms with Gasteiger partial charge >= 0.3 is 0 Å². The summed E-state index contributed by atoms with van der Waals surface area (Å²) >= 11 is 0. The molecule has 3 rings (SSSR count). The van der Waals surface area contributed by atoms with Crippen LogP contribution in [0.4, 0.5) is 5.82 Å². The molecule has 1 aliphatic heterocycles. The average molecular weight is 311 g/mol. The van der Waals surface area contributed by atoms with Gasteiger partial charge in [0.2, 0.25) is 0 Å². The zero-order chi connectivity index (χ0) is 15.9. The fourth-order valence-corrected chi connectivity index (χ4v) is 2.74. The number of pyridine rings is 1. The van der Waals surface area contributed by atoms with E-state index < -0.39 is 0 Å². The zero-order valence-electron chi connectivity index (χ0n) is 13.1. The number of hydrogen-bond acceptors (Lipinski definition) is 5. The number of aromatic nitrogens is 1. The number of ether oxygens (including phenoxy) is 2. The molecule has 0 bridgehead atoms. The molecule has 0 atom stereocenters. The van der Waals surface area contributed by atoms with E-state index in [1.165, 1.54) is 0 Å². The van der Waals surface area contributed by atoms with Gasteiger partial charge in [0.15, 0.2) is 0 Å². The lowest BCUT2D eigenvalue weighted by Crippen LogP contribution is -2.24. The van der Waals surface area contributed by atoms with Crippen LogP contribution in [0.2, 0.25) is 0 Å². The highest BCUT2D eigenvalue weighted by atomic mass is 16.5. The molecule has 120 valence electrons. The van der Waals surface area contributed by atoms with Gasteiger partial charge in [-0.05, 0) is 31.4 Å². The molecule has 1 fully saturated rings. The third-order valence-electron chi connectivity index (χ3n) is 3.99. The molecule has 5 nitrogen and oxygen atoms in total. The van der Waals surface area contributed by atoms with Crippen molar-refractivity contribution in [1.82, 2.24) is 4.98 Å². The van der Waals surface area contributed by atoms with Crippen LogP contribution < -0.4 is 5.32 Å². The summed E-state index contributed by atoms with van der Waals surface area (Å²) in [6.45, 7) is 3.12. The summed E-state index contributed by atoms with van der Waals surface area (Å²) in [5.74, 6) is 0.742. The smallest absolute Gasteiger partial charge is 0.127 e. The Bertz CT molecular complexity index is 690. The van der Waals surface area contributed by atoms with Crippen molar-refractivity contribution in [2.75, 3.05) is 31.7 Å². The van der Waals surface area contributed by atoms with Crippen LogP contribution in [-0.2, 0) is 9.47 Å². The number of fused-ring (bicyclic) bond motifs is 1. The van der Waals surface area contributed by atoms with Crippen molar-refractivity contribution >= 4 is 16.7 Å². The van der Waals surface area contributed by atoms with E-state index in [4.69, 9.17) is 9.47 Å². The van der Waals surface area contributed by atoms with E-state index in [9.17, 15) is 5.26 Å². The molecule has 2 heterocycles. The lowest BCUT2D eigenvalue weighted by molar-refractivity contribution is -0.0316. The van der Waals surface area contributed by atoms with Crippen LogP contribution >= 0.6 is 0 Å². The minimum absolute atomic E-state index is 0.340. The number of hydrogen-bond donors (Lipinski definition) is 1. The zero-order valence-corrected chi connectivity index (χ0v) is 13.1. The molecule has 0 spiro atoms. The Kier molecular flexibility index (Phi) is 5.41. The van der Waals surface area contributed by atoms with Crippen molar-refractivity contribution in [3.05, 3.63) is 35.9 Å². The van der Waals surface area contributed by atoms with Crippen LogP contribution in [0.1, 0.15) is 24.8 Å². The Balaban J connectivity index is 1.50. The van der Waals surface area contributed by atoms with Crippen LogP contribution in [-0.4, -0.2) is 37.5 Å². The van der Waals surface area contributed by atoms with Gasteiger partial charge in [-0.3, -0.25) is 0 Å². The number of anilines is 1. The minimum atomic E-state index is 0.340. The van der Waals surface area contributed by atoms with Gasteiger partial charge in [-0.25, -0.2) is 4.98 Å². The van der Waals surface area contributed by atoms with Gasteiger partial charge in [-0.2, -0.15) is 5.26 Å². The molecule has 2 aromatic rings. The number of rotatable bonds is 6. The molecule has 0 saturated carbocycles. The van der Waals surface area contributed by atoms with Gasteiger partial charge in [0.1, 0.15) is 5.82 Å². The first kappa shape index (κ1) is 15.7. The summed E-state index contributed by atoms with van der Waals surface area (Å²) in [4.78, 5) is 4.55. The molecule has 1 saturated heterocycles. The largest absolute Gasteiger partial charge is 0.381 e. The highest BCUT2D eigenvalue weighted by Gasteiger charge is 2.13. The monoisotopic (exact) mass is 311 g/mol. The summed E-state index contributed by atoms with van der Waals surface area (Å²) in [7, 11) is 0. The topological polar surface area (TPSA) is 67.2 Å². The summed E-state index contributed by atoms with van der Waals surface area (Å²) in [5.41, 5.74) is 1.49. The number of benzene rings is 1. The van der Waals surface area contributed by atoms with Crippen LogP contribution in [0.15, 0.2) is 30.3 Å². The molecule has 1 aliphatic rings. The van der Waals surface area contributed by atoms with E-state index in [0.717, 1.165) is 62.3 Å². The van der Waals surface area contributed by atoms with Crippen LogP contribution in [0.25, 0.3) is 10.9 Å². The summed E-state index contributed by atoms with van der Waals surface area (Å²) in [6, 6.07) is 11.7. The Morgan fingerprint density at radius 3 is 2.96 bits per heavy atom. The lowest BCUT2D eigenvalue weighted by Gasteiger charge is -2.22. The Morgan fingerprint density at radius 2 is 2.13 bits per heavy atom. The number of nitrogens with one attached hydrogen (secondary N) is 1. The van der Waals surface area contributed by atoms with E-state index in [1.54, 1.807) is 0 Å². The fourth-order valence-electron chi connectivity index (χ4n) is 2.74. The summed E-state index contributed by atoms with van der Waals surface area (Å²) < 4.78 is 11.2. The van der Waals surface area contributed by atoms with Crippen molar-refractivity contribution in [2.45, 2.75) is 25.4 Å². The third-order valence-corrected chi connectivity index (χ3v) is 3.99. The highest BCUT2D eigenvalue weighted by Crippen LogP contribution is 2.20. The van der Waals surface area contributed by atoms with Crippen molar-refractivity contribution < 1.29 is 9.47 Å². The number of para-hydroxylation sites is 1. The second kappa shape index (κ2) is 7.91. The average Bonchev–Trinajstić information content (AvgIpc) is 2.61. The highest BCUT2D eigenvalue weighted by molar-refractivity contribution is 5.86. The third kappa shape index (κ3) is 4.19. The molecule has 0 radical (unpaired) electrons. The van der Waals surface area contributed by atoms with Crippen molar-refractivity contribution in [1.29, 1.82) is 5.26 Å². The molecule has 0 unspecified atom stereocenters. The molecule has 1 N–H and O–H groups in total. The van der Waals surface area contributed by atoms with Gasteiger partial charge < -0.3 is 14.8 Å². The Hall–Kier alpha value is -2.16. The lowest BCUT2D eigenvalue weighted by atomic mass is 10.1. The fraction of sp³-hybridized carbons (Fsp3) is 0.444. The van der Waals surface area contributed by atoms with Gasteiger partial charge in [-0.15, -0.1) is 0 Å². The van der Waals surface area contributed by atoms with Crippen molar-refractivity contribution in [2.24, 2.45) is 0 Å². The maximum atomic E-state index is 9.28. The standard InChI is InChI=1S/C18H21N3O2/c19-13-14-12-18(21-17-5-2-1-4-16(14)17)20-8-3-9-23-15-6-10-22-11-7-15/h1-2,4-5,12,15H,3,6-11H2,(H,20,21). The predicted octanol–water partition coefficient (Wildman–Crippen LogP) is 3.10. The van der Waals surface area contributed by atoms with E-state index >= 15 is 0 Å².